The van der Waals surface area contributed by atoms with Crippen LogP contribution in [0.5, 0.6) is 0 Å². The third kappa shape index (κ3) is 2.86. The van der Waals surface area contributed by atoms with Gasteiger partial charge in [-0.3, -0.25) is 0 Å². The van der Waals surface area contributed by atoms with Gasteiger partial charge < -0.3 is 4.74 Å². The fraction of sp³-hybridized carbons (Fsp3) is 0.300. The molecule has 0 saturated heterocycles. The highest BCUT2D eigenvalue weighted by molar-refractivity contribution is 5.89. The lowest BCUT2D eigenvalue weighted by Crippen LogP contribution is -2.16. The SMILES string of the molecule is C[C@@H](CF)OC(=O)c1ccccc1. The summed E-state index contributed by atoms with van der Waals surface area (Å²) >= 11 is 0. The van der Waals surface area contributed by atoms with Crippen molar-refractivity contribution >= 4 is 5.97 Å². The van der Waals surface area contributed by atoms with Crippen LogP contribution >= 0.6 is 0 Å². The maximum absolute atomic E-state index is 12.0. The minimum Gasteiger partial charge on any atom is -0.456 e. The van der Waals surface area contributed by atoms with Gasteiger partial charge in [-0.25, -0.2) is 9.18 Å². The number of hydrogen-bond donors (Lipinski definition) is 0. The van der Waals surface area contributed by atoms with Gasteiger partial charge in [0.2, 0.25) is 0 Å². The molecule has 0 aromatic heterocycles. The number of carbonyl (C=O) groups excluding carboxylic acids is 1. The monoisotopic (exact) mass is 182 g/mol. The van der Waals surface area contributed by atoms with Gasteiger partial charge in [0.15, 0.2) is 0 Å². The maximum Gasteiger partial charge on any atom is 0.338 e. The summed E-state index contributed by atoms with van der Waals surface area (Å²) in [4.78, 5) is 11.2. The minimum absolute atomic E-state index is 0.447. The van der Waals surface area contributed by atoms with Crippen LogP contribution in [0.3, 0.4) is 0 Å². The van der Waals surface area contributed by atoms with E-state index >= 15 is 0 Å². The molecule has 0 unspecified atom stereocenters. The van der Waals surface area contributed by atoms with Gasteiger partial charge in [0.1, 0.15) is 12.8 Å². The molecule has 13 heavy (non-hydrogen) atoms. The average molecular weight is 182 g/mol. The molecular weight excluding hydrogens is 171 g/mol. The molecule has 70 valence electrons. The Morgan fingerprint density at radius 1 is 1.46 bits per heavy atom. The molecule has 0 bridgehead atoms. The van der Waals surface area contributed by atoms with Crippen LogP contribution in [0.1, 0.15) is 17.3 Å². The highest BCUT2D eigenvalue weighted by atomic mass is 19.1. The first-order valence-corrected chi connectivity index (χ1v) is 4.06. The molecule has 2 nitrogen and oxygen atoms in total. The summed E-state index contributed by atoms with van der Waals surface area (Å²) in [6.45, 7) is 0.861. The van der Waals surface area contributed by atoms with Crippen LogP contribution in [0.4, 0.5) is 4.39 Å². The maximum atomic E-state index is 12.0. The van der Waals surface area contributed by atoms with Gasteiger partial charge in [-0.1, -0.05) is 18.2 Å². The summed E-state index contributed by atoms with van der Waals surface area (Å²) in [6.07, 6.45) is -0.673. The number of ether oxygens (including phenoxy) is 1. The first kappa shape index (κ1) is 9.71. The first-order valence-electron chi connectivity index (χ1n) is 4.06. The quantitative estimate of drug-likeness (QED) is 0.670. The standard InChI is InChI=1S/C10H11FO2/c1-8(7-11)13-10(12)9-5-3-2-4-6-9/h2-6,8H,7H2,1H3/t8-/m0/s1. The molecule has 1 atom stereocenters. The van der Waals surface area contributed by atoms with Crippen molar-refractivity contribution in [1.82, 2.24) is 0 Å². The lowest BCUT2D eigenvalue weighted by molar-refractivity contribution is 0.0287. The molecule has 0 N–H and O–H groups in total. The molecule has 0 radical (unpaired) electrons. The van der Waals surface area contributed by atoms with Gasteiger partial charge >= 0.3 is 5.97 Å². The Morgan fingerprint density at radius 3 is 2.62 bits per heavy atom. The van der Waals surface area contributed by atoms with Crippen LogP contribution in [0, 0.1) is 0 Å². The largest absolute Gasteiger partial charge is 0.456 e. The summed E-state index contributed by atoms with van der Waals surface area (Å²) in [5, 5.41) is 0. The molecule has 0 heterocycles. The van der Waals surface area contributed by atoms with E-state index < -0.39 is 18.7 Å². The summed E-state index contributed by atoms with van der Waals surface area (Å²) in [5.74, 6) is -0.481. The topological polar surface area (TPSA) is 26.3 Å². The van der Waals surface area contributed by atoms with E-state index in [4.69, 9.17) is 4.74 Å². The third-order valence-electron chi connectivity index (χ3n) is 1.54. The average Bonchev–Trinajstić information content (AvgIpc) is 2.19. The molecule has 0 fully saturated rings. The highest BCUT2D eigenvalue weighted by Gasteiger charge is 2.10. The lowest BCUT2D eigenvalue weighted by atomic mass is 10.2. The molecule has 0 amide bonds. The van der Waals surface area contributed by atoms with Crippen LogP contribution < -0.4 is 0 Å². The van der Waals surface area contributed by atoms with Crippen LogP contribution in [0.2, 0.25) is 0 Å². The van der Waals surface area contributed by atoms with Crippen LogP contribution in [0.25, 0.3) is 0 Å². The zero-order chi connectivity index (χ0) is 9.68. The summed E-state index contributed by atoms with van der Waals surface area (Å²) in [6, 6.07) is 8.53. The Kier molecular flexibility index (Phi) is 3.43. The zero-order valence-corrected chi connectivity index (χ0v) is 7.37. The van der Waals surface area contributed by atoms with E-state index in [-0.39, 0.29) is 0 Å². The van der Waals surface area contributed by atoms with Gasteiger partial charge in [0.25, 0.3) is 0 Å². The van der Waals surface area contributed by atoms with E-state index in [0.29, 0.717) is 5.56 Å². The van der Waals surface area contributed by atoms with Crippen molar-refractivity contribution in [1.29, 1.82) is 0 Å². The number of halogens is 1. The predicted molar refractivity (Wildman–Crippen MR) is 47.3 cm³/mol. The van der Waals surface area contributed by atoms with Crippen LogP contribution in [-0.2, 0) is 4.74 Å². The van der Waals surface area contributed by atoms with E-state index in [2.05, 4.69) is 0 Å². The molecule has 0 aliphatic rings. The van der Waals surface area contributed by atoms with E-state index in [9.17, 15) is 9.18 Å². The van der Waals surface area contributed by atoms with Crippen molar-refractivity contribution in [2.45, 2.75) is 13.0 Å². The molecular formula is C10H11FO2. The summed E-state index contributed by atoms with van der Waals surface area (Å²) in [7, 11) is 0. The van der Waals surface area contributed by atoms with Crippen molar-refractivity contribution in [3.63, 3.8) is 0 Å². The molecule has 0 aliphatic heterocycles. The van der Waals surface area contributed by atoms with E-state index in [1.807, 2.05) is 0 Å². The Morgan fingerprint density at radius 2 is 2.08 bits per heavy atom. The van der Waals surface area contributed by atoms with Gasteiger partial charge in [0.05, 0.1) is 5.56 Å². The smallest absolute Gasteiger partial charge is 0.338 e. The summed E-state index contributed by atoms with van der Waals surface area (Å²) < 4.78 is 16.8. The Labute approximate surface area is 76.3 Å². The van der Waals surface area contributed by atoms with Crippen LogP contribution in [0.15, 0.2) is 30.3 Å². The lowest BCUT2D eigenvalue weighted by Gasteiger charge is -2.08. The number of esters is 1. The molecule has 1 aromatic carbocycles. The molecule has 1 rings (SSSR count). The van der Waals surface area contributed by atoms with Gasteiger partial charge in [-0.05, 0) is 19.1 Å². The second kappa shape index (κ2) is 4.60. The van der Waals surface area contributed by atoms with Gasteiger partial charge in [-0.2, -0.15) is 0 Å². The molecule has 0 spiro atoms. The number of hydrogen-bond acceptors (Lipinski definition) is 2. The van der Waals surface area contributed by atoms with Crippen molar-refractivity contribution in [2.75, 3.05) is 6.67 Å². The highest BCUT2D eigenvalue weighted by Crippen LogP contribution is 2.03. The number of carbonyl (C=O) groups is 1. The molecule has 3 heteroatoms. The second-order valence-electron chi connectivity index (χ2n) is 2.74. The van der Waals surface area contributed by atoms with Gasteiger partial charge in [0, 0.05) is 0 Å². The molecule has 0 aliphatic carbocycles. The summed E-state index contributed by atoms with van der Waals surface area (Å²) in [5.41, 5.74) is 0.447. The Balaban J connectivity index is 2.59. The first-order chi connectivity index (χ1) is 6.24. The molecule has 1 aromatic rings. The molecule has 0 saturated carbocycles. The van der Waals surface area contributed by atoms with E-state index in [1.165, 1.54) is 6.92 Å². The van der Waals surface area contributed by atoms with E-state index in [0.717, 1.165) is 0 Å². The van der Waals surface area contributed by atoms with Crippen molar-refractivity contribution in [3.05, 3.63) is 35.9 Å². The number of alkyl halides is 1. The van der Waals surface area contributed by atoms with Crippen molar-refractivity contribution in [2.24, 2.45) is 0 Å². The normalized spacial score (nSPS) is 12.2. The Bertz CT molecular complexity index is 272. The second-order valence-corrected chi connectivity index (χ2v) is 2.74. The number of rotatable bonds is 3. The predicted octanol–water partition coefficient (Wildman–Crippen LogP) is 2.20. The fourth-order valence-electron chi connectivity index (χ4n) is 0.856. The third-order valence-corrected chi connectivity index (χ3v) is 1.54. The van der Waals surface area contributed by atoms with E-state index in [1.54, 1.807) is 30.3 Å². The van der Waals surface area contributed by atoms with Crippen molar-refractivity contribution in [3.8, 4) is 0 Å². The Hall–Kier alpha value is -1.38. The van der Waals surface area contributed by atoms with Crippen molar-refractivity contribution < 1.29 is 13.9 Å². The number of benzene rings is 1. The fourth-order valence-corrected chi connectivity index (χ4v) is 0.856. The minimum atomic E-state index is -0.673. The van der Waals surface area contributed by atoms with Crippen LogP contribution in [-0.4, -0.2) is 18.7 Å². The van der Waals surface area contributed by atoms with Gasteiger partial charge in [-0.15, -0.1) is 0 Å². The zero-order valence-electron chi connectivity index (χ0n) is 7.37.